The first-order chi connectivity index (χ1) is 17.9. The van der Waals surface area contributed by atoms with E-state index in [-0.39, 0.29) is 5.91 Å². The molecule has 1 fully saturated rings. The molecule has 37 heavy (non-hydrogen) atoms. The van der Waals surface area contributed by atoms with Crippen LogP contribution < -0.4 is 4.74 Å². The van der Waals surface area contributed by atoms with Crippen LogP contribution in [0.1, 0.15) is 42.0 Å². The minimum Gasteiger partial charge on any atom is -0.491 e. The van der Waals surface area contributed by atoms with E-state index >= 15 is 0 Å². The van der Waals surface area contributed by atoms with Crippen LogP contribution in [0.3, 0.4) is 0 Å². The SMILES string of the molecule is Cc1ccc(C(C)C)c(OCCn2cc(/C=C3\SC(=S)N(Cc4ccccc4)C3=O)c3ccccc32)c1. The summed E-state index contributed by atoms with van der Waals surface area (Å²) in [4.78, 5) is 15.6. The lowest BCUT2D eigenvalue weighted by atomic mass is 10.0. The van der Waals surface area contributed by atoms with Crippen LogP contribution in [0.25, 0.3) is 17.0 Å². The van der Waals surface area contributed by atoms with Gasteiger partial charge in [0.2, 0.25) is 0 Å². The van der Waals surface area contributed by atoms with Crippen LogP contribution in [-0.4, -0.2) is 26.3 Å². The smallest absolute Gasteiger partial charge is 0.266 e. The zero-order valence-electron chi connectivity index (χ0n) is 21.3. The molecule has 0 unspecified atom stereocenters. The molecule has 0 radical (unpaired) electrons. The van der Waals surface area contributed by atoms with Crippen molar-refractivity contribution in [1.82, 2.24) is 9.47 Å². The van der Waals surface area contributed by atoms with E-state index in [1.807, 2.05) is 48.5 Å². The number of fused-ring (bicyclic) bond motifs is 1. The molecule has 1 aliphatic heterocycles. The Hall–Kier alpha value is -3.35. The highest BCUT2D eigenvalue weighted by atomic mass is 32.2. The van der Waals surface area contributed by atoms with Crippen LogP contribution in [0.5, 0.6) is 5.75 Å². The summed E-state index contributed by atoms with van der Waals surface area (Å²) in [7, 11) is 0. The zero-order valence-corrected chi connectivity index (χ0v) is 22.9. The van der Waals surface area contributed by atoms with Crippen molar-refractivity contribution in [3.05, 3.63) is 106 Å². The van der Waals surface area contributed by atoms with E-state index in [1.165, 1.54) is 22.9 Å². The Bertz CT molecular complexity index is 1490. The Balaban J connectivity index is 1.36. The molecule has 0 aliphatic carbocycles. The molecular formula is C31H30N2O2S2. The van der Waals surface area contributed by atoms with Crippen molar-refractivity contribution >= 4 is 51.2 Å². The Morgan fingerprint density at radius 3 is 2.57 bits per heavy atom. The molecule has 1 saturated heterocycles. The molecule has 2 heterocycles. The van der Waals surface area contributed by atoms with Crippen molar-refractivity contribution in [3.63, 3.8) is 0 Å². The van der Waals surface area contributed by atoms with Gasteiger partial charge in [0.05, 0.1) is 18.0 Å². The largest absolute Gasteiger partial charge is 0.491 e. The average Bonchev–Trinajstić information content (AvgIpc) is 3.36. The summed E-state index contributed by atoms with van der Waals surface area (Å²) >= 11 is 6.93. The molecule has 4 nitrogen and oxygen atoms in total. The number of thioether (sulfide) groups is 1. The summed E-state index contributed by atoms with van der Waals surface area (Å²) in [6.45, 7) is 8.21. The van der Waals surface area contributed by atoms with Crippen molar-refractivity contribution in [2.75, 3.05) is 6.61 Å². The lowest BCUT2D eigenvalue weighted by molar-refractivity contribution is -0.122. The first-order valence-electron chi connectivity index (χ1n) is 12.5. The second-order valence-electron chi connectivity index (χ2n) is 9.59. The number of thiocarbonyl (C=S) groups is 1. The van der Waals surface area contributed by atoms with Crippen molar-refractivity contribution < 1.29 is 9.53 Å². The minimum atomic E-state index is -0.0420. The van der Waals surface area contributed by atoms with Crippen LogP contribution >= 0.6 is 24.0 Å². The molecule has 0 saturated carbocycles. The number of aryl methyl sites for hydroxylation is 1. The third-order valence-corrected chi connectivity index (χ3v) is 7.92. The third-order valence-electron chi connectivity index (χ3n) is 6.54. The quantitative estimate of drug-likeness (QED) is 0.175. The first-order valence-corrected chi connectivity index (χ1v) is 13.7. The molecule has 5 rings (SSSR count). The Kier molecular flexibility index (Phi) is 7.49. The summed E-state index contributed by atoms with van der Waals surface area (Å²) in [5.74, 6) is 1.31. The van der Waals surface area contributed by atoms with E-state index in [2.05, 4.69) is 61.9 Å². The summed E-state index contributed by atoms with van der Waals surface area (Å²) in [6, 6.07) is 24.6. The van der Waals surface area contributed by atoms with Crippen LogP contribution in [0.2, 0.25) is 0 Å². The second-order valence-corrected chi connectivity index (χ2v) is 11.3. The summed E-state index contributed by atoms with van der Waals surface area (Å²) < 4.78 is 9.06. The highest BCUT2D eigenvalue weighted by Gasteiger charge is 2.32. The van der Waals surface area contributed by atoms with Gasteiger partial charge in [0.25, 0.3) is 5.91 Å². The van der Waals surface area contributed by atoms with Gasteiger partial charge in [0, 0.05) is 22.7 Å². The fourth-order valence-corrected chi connectivity index (χ4v) is 5.86. The predicted molar refractivity (Wildman–Crippen MR) is 158 cm³/mol. The summed E-state index contributed by atoms with van der Waals surface area (Å²) in [5.41, 5.74) is 5.60. The number of carbonyl (C=O) groups excluding carboxylic acids is 1. The highest BCUT2D eigenvalue weighted by Crippen LogP contribution is 2.35. The fraction of sp³-hybridized carbons (Fsp3) is 0.226. The minimum absolute atomic E-state index is 0.0420. The number of hydrogen-bond acceptors (Lipinski definition) is 4. The number of para-hydroxylation sites is 1. The molecule has 188 valence electrons. The maximum atomic E-state index is 13.2. The van der Waals surface area contributed by atoms with E-state index in [9.17, 15) is 4.79 Å². The molecule has 1 aromatic heterocycles. The van der Waals surface area contributed by atoms with Gasteiger partial charge in [-0.2, -0.15) is 0 Å². The lowest BCUT2D eigenvalue weighted by Crippen LogP contribution is -2.27. The van der Waals surface area contributed by atoms with Gasteiger partial charge in [0.1, 0.15) is 16.7 Å². The van der Waals surface area contributed by atoms with Gasteiger partial charge in [0.15, 0.2) is 0 Å². The number of hydrogen-bond donors (Lipinski definition) is 0. The van der Waals surface area contributed by atoms with Gasteiger partial charge in [-0.05, 0) is 47.7 Å². The Morgan fingerprint density at radius 2 is 1.78 bits per heavy atom. The first kappa shape index (κ1) is 25.3. The monoisotopic (exact) mass is 526 g/mol. The molecule has 0 N–H and O–H groups in total. The molecule has 3 aromatic carbocycles. The van der Waals surface area contributed by atoms with Gasteiger partial charge in [-0.25, -0.2) is 0 Å². The third kappa shape index (κ3) is 5.50. The normalized spacial score (nSPS) is 14.9. The standard InChI is InChI=1S/C31H30N2O2S2/c1-21(2)25-14-13-22(3)17-28(25)35-16-15-32-20-24(26-11-7-8-12-27(26)32)18-29-30(34)33(31(36)37-29)19-23-9-5-4-6-10-23/h4-14,17-18,20-21H,15-16,19H2,1-3H3/b29-18-. The molecule has 1 aliphatic rings. The molecule has 1 amide bonds. The average molecular weight is 527 g/mol. The number of amides is 1. The Labute approximate surface area is 227 Å². The van der Waals surface area contributed by atoms with Crippen LogP contribution in [-0.2, 0) is 17.9 Å². The van der Waals surface area contributed by atoms with Crippen molar-refractivity contribution in [3.8, 4) is 5.75 Å². The molecule has 0 bridgehead atoms. The number of benzene rings is 3. The van der Waals surface area contributed by atoms with E-state index < -0.39 is 0 Å². The summed E-state index contributed by atoms with van der Waals surface area (Å²) in [5, 5.41) is 1.11. The van der Waals surface area contributed by atoms with E-state index in [4.69, 9.17) is 17.0 Å². The molecular weight excluding hydrogens is 496 g/mol. The number of ether oxygens (including phenoxy) is 1. The Morgan fingerprint density at radius 1 is 1.03 bits per heavy atom. The van der Waals surface area contributed by atoms with Gasteiger partial charge in [-0.15, -0.1) is 0 Å². The van der Waals surface area contributed by atoms with Gasteiger partial charge >= 0.3 is 0 Å². The highest BCUT2D eigenvalue weighted by molar-refractivity contribution is 8.26. The van der Waals surface area contributed by atoms with Crippen LogP contribution in [0, 0.1) is 6.92 Å². The number of aromatic nitrogens is 1. The molecule has 4 aromatic rings. The molecule has 0 spiro atoms. The number of nitrogens with zero attached hydrogens (tertiary/aromatic N) is 2. The van der Waals surface area contributed by atoms with Gasteiger partial charge in [-0.3, -0.25) is 9.69 Å². The topological polar surface area (TPSA) is 34.5 Å². The zero-order chi connectivity index (χ0) is 25.9. The van der Waals surface area contributed by atoms with Crippen LogP contribution in [0.4, 0.5) is 0 Å². The van der Waals surface area contributed by atoms with E-state index in [1.54, 1.807) is 4.90 Å². The van der Waals surface area contributed by atoms with Crippen molar-refractivity contribution in [2.24, 2.45) is 0 Å². The van der Waals surface area contributed by atoms with Crippen molar-refractivity contribution in [1.29, 1.82) is 0 Å². The maximum Gasteiger partial charge on any atom is 0.266 e. The second kappa shape index (κ2) is 11.0. The number of rotatable bonds is 8. The number of carbonyl (C=O) groups is 1. The summed E-state index contributed by atoms with van der Waals surface area (Å²) in [6.07, 6.45) is 4.08. The lowest BCUT2D eigenvalue weighted by Gasteiger charge is -2.15. The molecule has 6 heteroatoms. The molecule has 0 atom stereocenters. The van der Waals surface area contributed by atoms with Crippen molar-refractivity contribution in [2.45, 2.75) is 39.8 Å². The fourth-order valence-electron chi connectivity index (χ4n) is 4.62. The predicted octanol–water partition coefficient (Wildman–Crippen LogP) is 7.55. The van der Waals surface area contributed by atoms with Gasteiger partial charge < -0.3 is 9.30 Å². The maximum absolute atomic E-state index is 13.2. The van der Waals surface area contributed by atoms with E-state index in [0.29, 0.717) is 34.8 Å². The van der Waals surface area contributed by atoms with Crippen LogP contribution in [0.15, 0.2) is 83.9 Å². The van der Waals surface area contributed by atoms with Gasteiger partial charge in [-0.1, -0.05) is 98.5 Å². The van der Waals surface area contributed by atoms with E-state index in [0.717, 1.165) is 27.8 Å².